The SMILES string of the molecule is COc1ccc2[nH]c(O)c(C=Nc3ccc4c(c3)OCO4)c2c1. The fourth-order valence-corrected chi connectivity index (χ4v) is 2.54. The summed E-state index contributed by atoms with van der Waals surface area (Å²) >= 11 is 0. The molecule has 0 radical (unpaired) electrons. The number of rotatable bonds is 3. The van der Waals surface area contributed by atoms with E-state index < -0.39 is 0 Å². The number of ether oxygens (including phenoxy) is 3. The Bertz CT molecular complexity index is 914. The van der Waals surface area contributed by atoms with Gasteiger partial charge in [0.1, 0.15) is 5.75 Å². The van der Waals surface area contributed by atoms with E-state index in [4.69, 9.17) is 14.2 Å². The molecule has 6 heteroatoms. The second-order valence-corrected chi connectivity index (χ2v) is 5.09. The number of benzene rings is 2. The average molecular weight is 310 g/mol. The first kappa shape index (κ1) is 13.5. The molecule has 3 aromatic rings. The summed E-state index contributed by atoms with van der Waals surface area (Å²) in [4.78, 5) is 7.33. The smallest absolute Gasteiger partial charge is 0.231 e. The van der Waals surface area contributed by atoms with Crippen LogP contribution in [0.3, 0.4) is 0 Å². The Labute approximate surface area is 131 Å². The molecule has 116 valence electrons. The lowest BCUT2D eigenvalue weighted by Crippen LogP contribution is -1.92. The van der Waals surface area contributed by atoms with E-state index in [2.05, 4.69) is 9.98 Å². The third kappa shape index (κ3) is 2.34. The molecule has 6 nitrogen and oxygen atoms in total. The third-order valence-corrected chi connectivity index (χ3v) is 3.72. The predicted molar refractivity (Wildman–Crippen MR) is 86.3 cm³/mol. The van der Waals surface area contributed by atoms with E-state index in [1.54, 1.807) is 19.4 Å². The van der Waals surface area contributed by atoms with Crippen LogP contribution in [0.15, 0.2) is 41.4 Å². The van der Waals surface area contributed by atoms with Gasteiger partial charge in [-0.25, -0.2) is 0 Å². The topological polar surface area (TPSA) is 76.1 Å². The molecule has 0 fully saturated rings. The molecular formula is C17H14N2O4. The maximum atomic E-state index is 10.1. The number of aromatic hydroxyl groups is 1. The van der Waals surface area contributed by atoms with Crippen LogP contribution in [0.4, 0.5) is 5.69 Å². The molecule has 0 saturated carbocycles. The van der Waals surface area contributed by atoms with Gasteiger partial charge in [0.15, 0.2) is 17.4 Å². The van der Waals surface area contributed by atoms with Crippen molar-refractivity contribution in [3.05, 3.63) is 42.0 Å². The Morgan fingerprint density at radius 1 is 1.17 bits per heavy atom. The molecule has 1 aliphatic rings. The van der Waals surface area contributed by atoms with Crippen molar-refractivity contribution in [3.63, 3.8) is 0 Å². The standard InChI is InChI=1S/C17H14N2O4/c1-21-11-3-4-14-12(7-11)13(17(20)19-14)8-18-10-2-5-15-16(6-10)23-9-22-15/h2-8,19-20H,9H2,1H3. The number of aromatic amines is 1. The summed E-state index contributed by atoms with van der Waals surface area (Å²) in [6.45, 7) is 0.228. The van der Waals surface area contributed by atoms with E-state index in [-0.39, 0.29) is 12.7 Å². The fraction of sp³-hybridized carbons (Fsp3) is 0.118. The molecule has 0 saturated heterocycles. The minimum Gasteiger partial charge on any atom is -0.497 e. The number of H-pyrrole nitrogens is 1. The first-order valence-electron chi connectivity index (χ1n) is 7.07. The van der Waals surface area contributed by atoms with Gasteiger partial charge in [-0.15, -0.1) is 0 Å². The summed E-state index contributed by atoms with van der Waals surface area (Å²) < 4.78 is 15.8. The Hall–Kier alpha value is -3.15. The van der Waals surface area contributed by atoms with Gasteiger partial charge in [-0.3, -0.25) is 4.99 Å². The zero-order chi connectivity index (χ0) is 15.8. The monoisotopic (exact) mass is 310 g/mol. The van der Waals surface area contributed by atoms with Crippen LogP contribution in [-0.2, 0) is 0 Å². The van der Waals surface area contributed by atoms with Crippen molar-refractivity contribution in [3.8, 4) is 23.1 Å². The first-order valence-corrected chi connectivity index (χ1v) is 7.07. The van der Waals surface area contributed by atoms with Crippen LogP contribution in [0.1, 0.15) is 5.56 Å². The van der Waals surface area contributed by atoms with Gasteiger partial charge in [0, 0.05) is 23.2 Å². The molecule has 1 aromatic heterocycles. The fourth-order valence-electron chi connectivity index (χ4n) is 2.54. The van der Waals surface area contributed by atoms with Gasteiger partial charge < -0.3 is 24.3 Å². The van der Waals surface area contributed by atoms with Crippen molar-refractivity contribution in [2.45, 2.75) is 0 Å². The number of hydrogen-bond acceptors (Lipinski definition) is 5. The van der Waals surface area contributed by atoms with E-state index in [1.165, 1.54) is 0 Å². The highest BCUT2D eigenvalue weighted by Crippen LogP contribution is 2.35. The van der Waals surface area contributed by atoms with Crippen molar-refractivity contribution >= 4 is 22.8 Å². The second-order valence-electron chi connectivity index (χ2n) is 5.09. The van der Waals surface area contributed by atoms with E-state index >= 15 is 0 Å². The molecule has 23 heavy (non-hydrogen) atoms. The number of aromatic nitrogens is 1. The first-order chi connectivity index (χ1) is 11.2. The van der Waals surface area contributed by atoms with Crippen LogP contribution < -0.4 is 14.2 Å². The summed E-state index contributed by atoms with van der Waals surface area (Å²) in [5, 5.41) is 10.9. The number of fused-ring (bicyclic) bond motifs is 2. The van der Waals surface area contributed by atoms with E-state index in [0.29, 0.717) is 28.5 Å². The van der Waals surface area contributed by atoms with Crippen molar-refractivity contribution in [1.82, 2.24) is 4.98 Å². The number of methoxy groups -OCH3 is 1. The Balaban J connectivity index is 1.73. The summed E-state index contributed by atoms with van der Waals surface area (Å²) in [6, 6.07) is 11.0. The van der Waals surface area contributed by atoms with Gasteiger partial charge in [-0.1, -0.05) is 0 Å². The summed E-state index contributed by atoms with van der Waals surface area (Å²) in [7, 11) is 1.61. The van der Waals surface area contributed by atoms with Crippen LogP contribution in [0.5, 0.6) is 23.1 Å². The maximum Gasteiger partial charge on any atom is 0.231 e. The Kier molecular flexibility index (Phi) is 3.08. The van der Waals surface area contributed by atoms with Gasteiger partial charge in [-0.05, 0) is 30.3 Å². The lowest BCUT2D eigenvalue weighted by atomic mass is 10.1. The molecule has 2 heterocycles. The van der Waals surface area contributed by atoms with Crippen LogP contribution in [0.2, 0.25) is 0 Å². The van der Waals surface area contributed by atoms with Crippen LogP contribution >= 0.6 is 0 Å². The molecule has 1 aliphatic heterocycles. The van der Waals surface area contributed by atoms with Gasteiger partial charge in [0.05, 0.1) is 18.4 Å². The molecule has 0 unspecified atom stereocenters. The lowest BCUT2D eigenvalue weighted by molar-refractivity contribution is 0.174. The minimum absolute atomic E-state index is 0.0674. The molecule has 2 aromatic carbocycles. The summed E-state index contributed by atoms with van der Waals surface area (Å²) in [5.74, 6) is 2.17. The molecule has 0 bridgehead atoms. The zero-order valence-corrected chi connectivity index (χ0v) is 12.4. The number of hydrogen-bond donors (Lipinski definition) is 2. The van der Waals surface area contributed by atoms with E-state index in [0.717, 1.165) is 10.9 Å². The normalized spacial score (nSPS) is 13.1. The molecule has 0 spiro atoms. The third-order valence-electron chi connectivity index (χ3n) is 3.72. The minimum atomic E-state index is 0.0674. The number of aliphatic imine (C=N–C) groups is 1. The quantitative estimate of drug-likeness (QED) is 0.727. The number of nitrogens with one attached hydrogen (secondary N) is 1. The van der Waals surface area contributed by atoms with Gasteiger partial charge >= 0.3 is 0 Å². The summed E-state index contributed by atoms with van der Waals surface area (Å²) in [5.41, 5.74) is 2.14. The van der Waals surface area contributed by atoms with Gasteiger partial charge in [0.2, 0.25) is 6.79 Å². The van der Waals surface area contributed by atoms with E-state index in [1.807, 2.05) is 30.3 Å². The molecule has 4 rings (SSSR count). The lowest BCUT2D eigenvalue weighted by Gasteiger charge is -2.00. The highest BCUT2D eigenvalue weighted by atomic mass is 16.7. The average Bonchev–Trinajstić information content (AvgIpc) is 3.15. The Morgan fingerprint density at radius 2 is 2.04 bits per heavy atom. The highest BCUT2D eigenvalue weighted by molar-refractivity contribution is 6.03. The molecule has 0 amide bonds. The van der Waals surface area contributed by atoms with Crippen molar-refractivity contribution in [2.24, 2.45) is 4.99 Å². The molecule has 0 aliphatic carbocycles. The predicted octanol–water partition coefficient (Wildman–Crippen LogP) is 3.36. The largest absolute Gasteiger partial charge is 0.497 e. The van der Waals surface area contributed by atoms with Crippen LogP contribution in [0.25, 0.3) is 10.9 Å². The molecular weight excluding hydrogens is 296 g/mol. The van der Waals surface area contributed by atoms with Crippen molar-refractivity contribution in [2.75, 3.05) is 13.9 Å². The van der Waals surface area contributed by atoms with E-state index in [9.17, 15) is 5.11 Å². The molecule has 0 atom stereocenters. The van der Waals surface area contributed by atoms with Crippen molar-refractivity contribution in [1.29, 1.82) is 0 Å². The van der Waals surface area contributed by atoms with Gasteiger partial charge in [0.25, 0.3) is 0 Å². The highest BCUT2D eigenvalue weighted by Gasteiger charge is 2.13. The maximum absolute atomic E-state index is 10.1. The van der Waals surface area contributed by atoms with Crippen LogP contribution in [0, 0.1) is 0 Å². The van der Waals surface area contributed by atoms with Crippen molar-refractivity contribution < 1.29 is 19.3 Å². The second kappa shape index (κ2) is 5.24. The van der Waals surface area contributed by atoms with Gasteiger partial charge in [-0.2, -0.15) is 0 Å². The Morgan fingerprint density at radius 3 is 2.91 bits per heavy atom. The van der Waals surface area contributed by atoms with Crippen LogP contribution in [-0.4, -0.2) is 30.2 Å². The zero-order valence-electron chi connectivity index (χ0n) is 12.4. The molecule has 2 N–H and O–H groups in total. The number of nitrogens with zero attached hydrogens (tertiary/aromatic N) is 1. The summed E-state index contributed by atoms with van der Waals surface area (Å²) in [6.07, 6.45) is 1.62.